The van der Waals surface area contributed by atoms with Crippen LogP contribution in [0.15, 0.2) is 6.07 Å². The Bertz CT molecular complexity index is 333. The predicted molar refractivity (Wildman–Crippen MR) is 70.0 cm³/mol. The molecular weight excluding hydrogens is 214 g/mol. The molecule has 0 aliphatic carbocycles. The second-order valence-corrected chi connectivity index (χ2v) is 4.64. The fourth-order valence-electron chi connectivity index (χ4n) is 1.77. The SMILES string of the molecule is CCc1cc(CC(N)COC(C)C)n(CC)n1. The van der Waals surface area contributed by atoms with Crippen LogP contribution in [-0.2, 0) is 24.1 Å². The summed E-state index contributed by atoms with van der Waals surface area (Å²) in [5, 5.41) is 4.52. The van der Waals surface area contributed by atoms with E-state index in [1.54, 1.807) is 0 Å². The average molecular weight is 239 g/mol. The predicted octanol–water partition coefficient (Wildman–Crippen LogP) is 1.76. The van der Waals surface area contributed by atoms with Crippen molar-refractivity contribution in [2.75, 3.05) is 6.61 Å². The third-order valence-corrected chi connectivity index (χ3v) is 2.69. The zero-order valence-corrected chi connectivity index (χ0v) is 11.4. The highest BCUT2D eigenvalue weighted by Gasteiger charge is 2.11. The van der Waals surface area contributed by atoms with Gasteiger partial charge >= 0.3 is 0 Å². The van der Waals surface area contributed by atoms with Crippen LogP contribution in [-0.4, -0.2) is 28.5 Å². The third kappa shape index (κ3) is 4.48. The lowest BCUT2D eigenvalue weighted by molar-refractivity contribution is 0.0681. The maximum Gasteiger partial charge on any atom is 0.0624 e. The molecule has 0 spiro atoms. The molecule has 0 radical (unpaired) electrons. The Hall–Kier alpha value is -0.870. The van der Waals surface area contributed by atoms with Gasteiger partial charge < -0.3 is 10.5 Å². The van der Waals surface area contributed by atoms with E-state index in [1.165, 1.54) is 5.69 Å². The van der Waals surface area contributed by atoms with Crippen LogP contribution in [0.1, 0.15) is 39.1 Å². The summed E-state index contributed by atoms with van der Waals surface area (Å²) < 4.78 is 7.56. The summed E-state index contributed by atoms with van der Waals surface area (Å²) in [7, 11) is 0. The molecule has 17 heavy (non-hydrogen) atoms. The van der Waals surface area contributed by atoms with Crippen molar-refractivity contribution in [3.05, 3.63) is 17.5 Å². The van der Waals surface area contributed by atoms with E-state index in [9.17, 15) is 0 Å². The summed E-state index contributed by atoms with van der Waals surface area (Å²) in [6, 6.07) is 2.20. The molecule has 0 aliphatic rings. The fourth-order valence-corrected chi connectivity index (χ4v) is 1.77. The van der Waals surface area contributed by atoms with Crippen molar-refractivity contribution in [1.29, 1.82) is 0 Å². The maximum atomic E-state index is 6.06. The molecule has 0 aliphatic heterocycles. The van der Waals surface area contributed by atoms with Crippen molar-refractivity contribution in [2.45, 2.75) is 59.2 Å². The number of ether oxygens (including phenoxy) is 1. The Morgan fingerprint density at radius 2 is 2.12 bits per heavy atom. The maximum absolute atomic E-state index is 6.06. The van der Waals surface area contributed by atoms with Gasteiger partial charge in [0.2, 0.25) is 0 Å². The molecule has 1 rings (SSSR count). The zero-order chi connectivity index (χ0) is 12.8. The Labute approximate surface area is 104 Å². The minimum atomic E-state index is 0.0455. The van der Waals surface area contributed by atoms with Gasteiger partial charge in [-0.05, 0) is 33.3 Å². The first-order valence-corrected chi connectivity index (χ1v) is 6.49. The van der Waals surface area contributed by atoms with Gasteiger partial charge in [-0.25, -0.2) is 0 Å². The monoisotopic (exact) mass is 239 g/mol. The van der Waals surface area contributed by atoms with E-state index >= 15 is 0 Å². The van der Waals surface area contributed by atoms with Gasteiger partial charge in [0, 0.05) is 24.7 Å². The Balaban J connectivity index is 2.57. The molecule has 0 aromatic carbocycles. The van der Waals surface area contributed by atoms with Gasteiger partial charge in [0.1, 0.15) is 0 Å². The first kappa shape index (κ1) is 14.2. The van der Waals surface area contributed by atoms with Crippen LogP contribution in [0.4, 0.5) is 0 Å². The zero-order valence-electron chi connectivity index (χ0n) is 11.4. The number of aromatic nitrogens is 2. The van der Waals surface area contributed by atoms with Crippen molar-refractivity contribution >= 4 is 0 Å². The Kier molecular flexibility index (Phi) is 5.65. The smallest absolute Gasteiger partial charge is 0.0624 e. The van der Waals surface area contributed by atoms with Crippen LogP contribution < -0.4 is 5.73 Å². The molecule has 1 aromatic rings. The molecule has 0 amide bonds. The molecule has 1 aromatic heterocycles. The summed E-state index contributed by atoms with van der Waals surface area (Å²) in [6.45, 7) is 9.78. The van der Waals surface area contributed by atoms with E-state index in [4.69, 9.17) is 10.5 Å². The van der Waals surface area contributed by atoms with Crippen molar-refractivity contribution < 1.29 is 4.74 Å². The normalized spacial score (nSPS) is 13.3. The highest BCUT2D eigenvalue weighted by molar-refractivity contribution is 5.11. The lowest BCUT2D eigenvalue weighted by atomic mass is 10.1. The first-order chi connectivity index (χ1) is 8.06. The van der Waals surface area contributed by atoms with Crippen molar-refractivity contribution in [2.24, 2.45) is 5.73 Å². The number of nitrogens with zero attached hydrogens (tertiary/aromatic N) is 2. The molecule has 0 bridgehead atoms. The van der Waals surface area contributed by atoms with Crippen LogP contribution >= 0.6 is 0 Å². The van der Waals surface area contributed by atoms with E-state index in [-0.39, 0.29) is 12.1 Å². The Morgan fingerprint density at radius 1 is 1.41 bits per heavy atom. The van der Waals surface area contributed by atoms with Gasteiger partial charge in [-0.15, -0.1) is 0 Å². The highest BCUT2D eigenvalue weighted by Crippen LogP contribution is 2.08. The molecule has 1 heterocycles. The number of hydrogen-bond acceptors (Lipinski definition) is 3. The van der Waals surface area contributed by atoms with Gasteiger partial charge in [0.05, 0.1) is 18.4 Å². The van der Waals surface area contributed by atoms with Crippen LogP contribution in [0.3, 0.4) is 0 Å². The molecule has 0 saturated carbocycles. The number of rotatable bonds is 7. The topological polar surface area (TPSA) is 53.1 Å². The van der Waals surface area contributed by atoms with Gasteiger partial charge in [-0.3, -0.25) is 4.68 Å². The van der Waals surface area contributed by atoms with E-state index in [1.807, 2.05) is 18.5 Å². The molecule has 0 saturated heterocycles. The van der Waals surface area contributed by atoms with Crippen LogP contribution in [0.25, 0.3) is 0 Å². The van der Waals surface area contributed by atoms with Gasteiger partial charge in [0.15, 0.2) is 0 Å². The summed E-state index contributed by atoms with van der Waals surface area (Å²) in [5.41, 5.74) is 8.41. The molecule has 1 atom stereocenters. The number of aryl methyl sites for hydroxylation is 2. The second-order valence-electron chi connectivity index (χ2n) is 4.64. The summed E-state index contributed by atoms with van der Waals surface area (Å²) >= 11 is 0. The van der Waals surface area contributed by atoms with E-state index in [0.29, 0.717) is 6.61 Å². The van der Waals surface area contributed by atoms with Gasteiger partial charge in [-0.1, -0.05) is 6.92 Å². The standard InChI is InChI=1S/C13H25N3O/c1-5-12-8-13(16(6-2)15-12)7-11(14)9-17-10(3)4/h8,10-11H,5-7,9,14H2,1-4H3. The first-order valence-electron chi connectivity index (χ1n) is 6.49. The molecule has 1 unspecified atom stereocenters. The Morgan fingerprint density at radius 3 is 2.65 bits per heavy atom. The quantitative estimate of drug-likeness (QED) is 0.789. The third-order valence-electron chi connectivity index (χ3n) is 2.69. The lowest BCUT2D eigenvalue weighted by Gasteiger charge is -2.14. The van der Waals surface area contributed by atoms with Crippen molar-refractivity contribution in [3.8, 4) is 0 Å². The van der Waals surface area contributed by atoms with E-state index < -0.39 is 0 Å². The van der Waals surface area contributed by atoms with Crippen molar-refractivity contribution in [3.63, 3.8) is 0 Å². The van der Waals surface area contributed by atoms with E-state index in [0.717, 1.165) is 25.1 Å². The molecule has 4 nitrogen and oxygen atoms in total. The summed E-state index contributed by atoms with van der Waals surface area (Å²) in [4.78, 5) is 0. The molecule has 4 heteroatoms. The minimum Gasteiger partial charge on any atom is -0.377 e. The molecule has 98 valence electrons. The summed E-state index contributed by atoms with van der Waals surface area (Å²) in [6.07, 6.45) is 2.04. The van der Waals surface area contributed by atoms with Crippen LogP contribution in [0.2, 0.25) is 0 Å². The fraction of sp³-hybridized carbons (Fsp3) is 0.769. The summed E-state index contributed by atoms with van der Waals surface area (Å²) in [5.74, 6) is 0. The number of hydrogen-bond donors (Lipinski definition) is 1. The number of nitrogens with two attached hydrogens (primary N) is 1. The lowest BCUT2D eigenvalue weighted by Crippen LogP contribution is -2.31. The highest BCUT2D eigenvalue weighted by atomic mass is 16.5. The molecule has 2 N–H and O–H groups in total. The van der Waals surface area contributed by atoms with Gasteiger partial charge in [-0.2, -0.15) is 5.10 Å². The van der Waals surface area contributed by atoms with Crippen LogP contribution in [0, 0.1) is 0 Å². The largest absolute Gasteiger partial charge is 0.377 e. The average Bonchev–Trinajstić information content (AvgIpc) is 2.68. The van der Waals surface area contributed by atoms with Gasteiger partial charge in [0.25, 0.3) is 0 Å². The molecular formula is C13H25N3O. The molecule has 0 fully saturated rings. The minimum absolute atomic E-state index is 0.0455. The van der Waals surface area contributed by atoms with Crippen molar-refractivity contribution in [1.82, 2.24) is 9.78 Å². The van der Waals surface area contributed by atoms with E-state index in [2.05, 4.69) is 25.0 Å². The van der Waals surface area contributed by atoms with Crippen LogP contribution in [0.5, 0.6) is 0 Å². The second kappa shape index (κ2) is 6.77.